The van der Waals surface area contributed by atoms with Gasteiger partial charge in [-0.05, 0) is 43.5 Å². The SMILES string of the molecule is Cc1nccn1CC1CCc2c(c3ccccc3n2C)C1=NOCc1ccc(F)cc1. The number of rotatable bonds is 5. The van der Waals surface area contributed by atoms with Crippen LogP contribution in [0.3, 0.4) is 0 Å². The van der Waals surface area contributed by atoms with Gasteiger partial charge in [-0.1, -0.05) is 35.5 Å². The molecule has 158 valence electrons. The summed E-state index contributed by atoms with van der Waals surface area (Å²) in [5.74, 6) is 0.966. The van der Waals surface area contributed by atoms with Gasteiger partial charge in [0.05, 0.1) is 5.71 Å². The average molecular weight is 417 g/mol. The summed E-state index contributed by atoms with van der Waals surface area (Å²) in [7, 11) is 2.12. The molecule has 0 saturated heterocycles. The molecule has 0 fully saturated rings. The van der Waals surface area contributed by atoms with Gasteiger partial charge in [-0.15, -0.1) is 0 Å². The summed E-state index contributed by atoms with van der Waals surface area (Å²) in [6.45, 7) is 3.14. The zero-order valence-corrected chi connectivity index (χ0v) is 17.8. The third kappa shape index (κ3) is 3.63. The molecular formula is C25H25FN4O. The maximum Gasteiger partial charge on any atom is 0.142 e. The summed E-state index contributed by atoms with van der Waals surface area (Å²) in [4.78, 5) is 10.2. The Balaban J connectivity index is 1.53. The molecule has 2 aromatic heterocycles. The number of oxime groups is 1. The minimum atomic E-state index is -0.251. The predicted molar refractivity (Wildman–Crippen MR) is 119 cm³/mol. The van der Waals surface area contributed by atoms with E-state index in [-0.39, 0.29) is 11.7 Å². The molecule has 5 nitrogen and oxygen atoms in total. The van der Waals surface area contributed by atoms with Gasteiger partial charge in [-0.2, -0.15) is 0 Å². The Hall–Kier alpha value is -3.41. The zero-order valence-electron chi connectivity index (χ0n) is 17.8. The van der Waals surface area contributed by atoms with E-state index in [4.69, 9.17) is 4.84 Å². The first-order chi connectivity index (χ1) is 15.1. The smallest absolute Gasteiger partial charge is 0.142 e. The van der Waals surface area contributed by atoms with Crippen LogP contribution < -0.4 is 0 Å². The van der Waals surface area contributed by atoms with Crippen molar-refractivity contribution in [1.29, 1.82) is 0 Å². The Morgan fingerprint density at radius 1 is 1.16 bits per heavy atom. The molecule has 0 N–H and O–H groups in total. The van der Waals surface area contributed by atoms with Crippen LogP contribution in [0.25, 0.3) is 10.9 Å². The number of halogens is 1. The molecule has 1 unspecified atom stereocenters. The number of fused-ring (bicyclic) bond motifs is 3. The molecule has 0 spiro atoms. The molecular weight excluding hydrogens is 391 g/mol. The lowest BCUT2D eigenvalue weighted by Gasteiger charge is -2.26. The summed E-state index contributed by atoms with van der Waals surface area (Å²) in [6.07, 6.45) is 5.84. The van der Waals surface area contributed by atoms with E-state index < -0.39 is 0 Å². The summed E-state index contributed by atoms with van der Waals surface area (Å²) in [5, 5.41) is 5.88. The Labute approximate surface area is 180 Å². The van der Waals surface area contributed by atoms with Crippen molar-refractivity contribution in [2.45, 2.75) is 32.9 Å². The molecule has 0 amide bonds. The van der Waals surface area contributed by atoms with Gasteiger partial charge in [-0.3, -0.25) is 0 Å². The van der Waals surface area contributed by atoms with Gasteiger partial charge in [0.15, 0.2) is 0 Å². The predicted octanol–water partition coefficient (Wildman–Crippen LogP) is 5.01. The van der Waals surface area contributed by atoms with Crippen LogP contribution in [0.15, 0.2) is 66.1 Å². The number of imidazole rings is 1. The number of hydrogen-bond donors (Lipinski definition) is 0. The summed E-state index contributed by atoms with van der Waals surface area (Å²) < 4.78 is 17.7. The first-order valence-electron chi connectivity index (χ1n) is 10.6. The molecule has 0 radical (unpaired) electrons. The normalized spacial score (nSPS) is 17.3. The van der Waals surface area contributed by atoms with Gasteiger partial charge in [0, 0.05) is 54.1 Å². The van der Waals surface area contributed by atoms with Crippen molar-refractivity contribution in [3.63, 3.8) is 0 Å². The topological polar surface area (TPSA) is 44.3 Å². The zero-order chi connectivity index (χ0) is 21.4. The Kier molecular flexibility index (Phi) is 5.06. The van der Waals surface area contributed by atoms with Crippen LogP contribution in [0.4, 0.5) is 4.39 Å². The van der Waals surface area contributed by atoms with Gasteiger partial charge in [0.2, 0.25) is 0 Å². The van der Waals surface area contributed by atoms with Crippen molar-refractivity contribution in [2.24, 2.45) is 18.1 Å². The second-order valence-corrected chi connectivity index (χ2v) is 8.14. The fourth-order valence-corrected chi connectivity index (χ4v) is 4.57. The average Bonchev–Trinajstić information content (AvgIpc) is 3.32. The number of aromatic nitrogens is 3. The summed E-state index contributed by atoms with van der Waals surface area (Å²) in [6, 6.07) is 14.8. The van der Waals surface area contributed by atoms with E-state index >= 15 is 0 Å². The third-order valence-corrected chi connectivity index (χ3v) is 6.25. The van der Waals surface area contributed by atoms with E-state index in [1.165, 1.54) is 34.3 Å². The molecule has 1 atom stereocenters. The maximum atomic E-state index is 13.2. The molecule has 1 aliphatic rings. The summed E-state index contributed by atoms with van der Waals surface area (Å²) in [5.41, 5.74) is 5.56. The van der Waals surface area contributed by atoms with Crippen LogP contribution in [0.2, 0.25) is 0 Å². The Morgan fingerprint density at radius 2 is 1.97 bits per heavy atom. The summed E-state index contributed by atoms with van der Waals surface area (Å²) >= 11 is 0. The number of benzene rings is 2. The number of para-hydroxylation sites is 1. The Morgan fingerprint density at radius 3 is 2.74 bits per heavy atom. The molecule has 0 saturated carbocycles. The van der Waals surface area contributed by atoms with E-state index in [2.05, 4.69) is 50.6 Å². The van der Waals surface area contributed by atoms with Crippen LogP contribution in [-0.4, -0.2) is 19.8 Å². The largest absolute Gasteiger partial charge is 0.391 e. The second-order valence-electron chi connectivity index (χ2n) is 8.14. The third-order valence-electron chi connectivity index (χ3n) is 6.25. The molecule has 2 aromatic carbocycles. The highest BCUT2D eigenvalue weighted by atomic mass is 19.1. The molecule has 0 aliphatic heterocycles. The van der Waals surface area contributed by atoms with Crippen molar-refractivity contribution in [1.82, 2.24) is 14.1 Å². The maximum absolute atomic E-state index is 13.2. The first kappa shape index (κ1) is 19.5. The molecule has 1 aliphatic carbocycles. The van der Waals surface area contributed by atoms with Gasteiger partial charge in [0.25, 0.3) is 0 Å². The fraction of sp³-hybridized carbons (Fsp3) is 0.280. The van der Waals surface area contributed by atoms with Crippen molar-refractivity contribution in [3.05, 3.63) is 89.4 Å². The van der Waals surface area contributed by atoms with Crippen LogP contribution >= 0.6 is 0 Å². The molecule has 5 rings (SSSR count). The number of hydrogen-bond acceptors (Lipinski definition) is 3. The van der Waals surface area contributed by atoms with Gasteiger partial charge in [0.1, 0.15) is 18.2 Å². The van der Waals surface area contributed by atoms with Crippen molar-refractivity contribution in [2.75, 3.05) is 0 Å². The van der Waals surface area contributed by atoms with E-state index in [0.29, 0.717) is 6.61 Å². The number of aryl methyl sites for hydroxylation is 2. The van der Waals surface area contributed by atoms with Crippen molar-refractivity contribution < 1.29 is 9.23 Å². The monoisotopic (exact) mass is 416 g/mol. The van der Waals surface area contributed by atoms with Gasteiger partial charge in [-0.25, -0.2) is 9.37 Å². The number of nitrogens with zero attached hydrogens (tertiary/aromatic N) is 4. The molecule has 6 heteroatoms. The highest BCUT2D eigenvalue weighted by Gasteiger charge is 2.31. The van der Waals surface area contributed by atoms with Crippen LogP contribution in [-0.2, 0) is 31.5 Å². The minimum Gasteiger partial charge on any atom is -0.391 e. The quantitative estimate of drug-likeness (QED) is 0.430. The van der Waals surface area contributed by atoms with Crippen LogP contribution in [0.1, 0.15) is 29.1 Å². The lowest BCUT2D eigenvalue weighted by atomic mass is 9.84. The minimum absolute atomic E-state index is 0.222. The van der Waals surface area contributed by atoms with Crippen molar-refractivity contribution in [3.8, 4) is 0 Å². The van der Waals surface area contributed by atoms with Crippen LogP contribution in [0, 0.1) is 18.7 Å². The van der Waals surface area contributed by atoms with E-state index in [1.807, 2.05) is 19.3 Å². The van der Waals surface area contributed by atoms with E-state index in [9.17, 15) is 4.39 Å². The lowest BCUT2D eigenvalue weighted by molar-refractivity contribution is 0.128. The molecule has 4 aromatic rings. The standard InChI is InChI=1S/C25H25FN4O/c1-17-27-13-14-30(17)15-19-9-12-23-24(21-5-3-4-6-22(21)29(23)2)25(19)28-31-16-18-7-10-20(26)11-8-18/h3-8,10-11,13-14,19H,9,12,15-16H2,1-2H3. The van der Waals surface area contributed by atoms with Crippen LogP contribution in [0.5, 0.6) is 0 Å². The van der Waals surface area contributed by atoms with E-state index in [0.717, 1.165) is 36.5 Å². The fourth-order valence-electron chi connectivity index (χ4n) is 4.57. The highest BCUT2D eigenvalue weighted by molar-refractivity contribution is 6.13. The highest BCUT2D eigenvalue weighted by Crippen LogP contribution is 2.35. The lowest BCUT2D eigenvalue weighted by Crippen LogP contribution is -2.28. The Bertz CT molecular complexity index is 1250. The molecule has 31 heavy (non-hydrogen) atoms. The van der Waals surface area contributed by atoms with Gasteiger partial charge >= 0.3 is 0 Å². The molecule has 2 heterocycles. The van der Waals surface area contributed by atoms with Gasteiger partial charge < -0.3 is 14.0 Å². The van der Waals surface area contributed by atoms with Crippen molar-refractivity contribution >= 4 is 16.6 Å². The molecule has 0 bridgehead atoms. The first-order valence-corrected chi connectivity index (χ1v) is 10.6. The second kappa shape index (κ2) is 8.02. The van der Waals surface area contributed by atoms with E-state index in [1.54, 1.807) is 12.1 Å².